The number of hydrogen-bond donors (Lipinski definition) is 0. The fourth-order valence-corrected chi connectivity index (χ4v) is 9.12. The van der Waals surface area contributed by atoms with Crippen molar-refractivity contribution >= 4 is 48.6 Å². The van der Waals surface area contributed by atoms with E-state index < -0.39 is 0 Å². The minimum atomic E-state index is 1.11. The highest BCUT2D eigenvalue weighted by molar-refractivity contribution is 7.26. The van der Waals surface area contributed by atoms with Crippen molar-refractivity contribution in [2.45, 2.75) is 0 Å². The lowest BCUT2D eigenvalue weighted by Crippen LogP contribution is -2.12. The SMILES string of the molecule is c1ccc(-c2ccc(N(c3ccc(-c4cc(-c5ccccc5)ccc4-c4ccccc4)cc3-c3ccccc3)c3cccc4sc5ccccc5c34)cc2)cc1. The number of anilines is 3. The van der Waals surface area contributed by atoms with Gasteiger partial charge in [0.1, 0.15) is 0 Å². The number of nitrogens with zero attached hydrogens (tertiary/aromatic N) is 1. The summed E-state index contributed by atoms with van der Waals surface area (Å²) < 4.78 is 2.57. The van der Waals surface area contributed by atoms with Gasteiger partial charge < -0.3 is 4.90 Å². The van der Waals surface area contributed by atoms with E-state index in [2.05, 4.69) is 229 Å². The van der Waals surface area contributed by atoms with Gasteiger partial charge in [-0.15, -0.1) is 11.3 Å². The van der Waals surface area contributed by atoms with Crippen LogP contribution in [0.1, 0.15) is 0 Å². The largest absolute Gasteiger partial charge is 0.309 e. The molecule has 0 fully saturated rings. The predicted octanol–water partition coefficient (Wildman–Crippen LogP) is 15.9. The quantitative estimate of drug-likeness (QED) is 0.150. The molecular formula is C54H37NS. The molecule has 0 bridgehead atoms. The summed E-state index contributed by atoms with van der Waals surface area (Å²) in [4.78, 5) is 2.47. The molecule has 0 aliphatic rings. The van der Waals surface area contributed by atoms with E-state index in [0.717, 1.165) is 28.2 Å². The van der Waals surface area contributed by atoms with Gasteiger partial charge in [-0.1, -0.05) is 176 Å². The van der Waals surface area contributed by atoms with Gasteiger partial charge in [0.05, 0.1) is 11.4 Å². The van der Waals surface area contributed by atoms with Gasteiger partial charge in [-0.05, 0) is 98.6 Å². The summed E-state index contributed by atoms with van der Waals surface area (Å²) in [5.41, 5.74) is 15.3. The third-order valence-electron chi connectivity index (χ3n) is 10.7. The Morgan fingerprint density at radius 2 is 0.786 bits per heavy atom. The molecular weight excluding hydrogens is 695 g/mol. The summed E-state index contributed by atoms with van der Waals surface area (Å²) in [6, 6.07) is 81.4. The van der Waals surface area contributed by atoms with Crippen LogP contribution < -0.4 is 4.90 Å². The van der Waals surface area contributed by atoms with Crippen LogP contribution >= 0.6 is 11.3 Å². The van der Waals surface area contributed by atoms with Crippen LogP contribution in [0.5, 0.6) is 0 Å². The molecule has 1 nitrogen and oxygen atoms in total. The number of hydrogen-bond acceptors (Lipinski definition) is 2. The van der Waals surface area contributed by atoms with Gasteiger partial charge in [0.2, 0.25) is 0 Å². The van der Waals surface area contributed by atoms with Crippen molar-refractivity contribution in [2.75, 3.05) is 4.90 Å². The van der Waals surface area contributed by atoms with Crippen molar-refractivity contribution < 1.29 is 0 Å². The van der Waals surface area contributed by atoms with Crippen LogP contribution in [0, 0.1) is 0 Å². The Hall–Kier alpha value is -7.00. The van der Waals surface area contributed by atoms with Gasteiger partial charge in [0.15, 0.2) is 0 Å². The highest BCUT2D eigenvalue weighted by Gasteiger charge is 2.23. The zero-order valence-electron chi connectivity index (χ0n) is 30.7. The smallest absolute Gasteiger partial charge is 0.0555 e. The van der Waals surface area contributed by atoms with Crippen molar-refractivity contribution in [3.63, 3.8) is 0 Å². The lowest BCUT2D eigenvalue weighted by molar-refractivity contribution is 1.30. The van der Waals surface area contributed by atoms with E-state index in [-0.39, 0.29) is 0 Å². The van der Waals surface area contributed by atoms with Crippen molar-refractivity contribution in [2.24, 2.45) is 0 Å². The van der Waals surface area contributed by atoms with Crippen molar-refractivity contribution in [3.05, 3.63) is 224 Å². The molecule has 0 unspecified atom stereocenters. The van der Waals surface area contributed by atoms with Gasteiger partial charge in [-0.25, -0.2) is 0 Å². The maximum Gasteiger partial charge on any atom is 0.0555 e. The van der Waals surface area contributed by atoms with E-state index in [0.29, 0.717) is 0 Å². The Morgan fingerprint density at radius 3 is 1.46 bits per heavy atom. The minimum Gasteiger partial charge on any atom is -0.309 e. The molecule has 56 heavy (non-hydrogen) atoms. The van der Waals surface area contributed by atoms with Crippen molar-refractivity contribution in [1.29, 1.82) is 0 Å². The molecule has 0 amide bonds. The Bertz CT molecular complexity index is 2930. The molecule has 264 valence electrons. The molecule has 0 N–H and O–H groups in total. The Balaban J connectivity index is 1.22. The van der Waals surface area contributed by atoms with Crippen LogP contribution in [-0.2, 0) is 0 Å². The molecule has 0 atom stereocenters. The fraction of sp³-hybridized carbons (Fsp3) is 0. The van der Waals surface area contributed by atoms with Gasteiger partial charge in [0, 0.05) is 31.4 Å². The van der Waals surface area contributed by atoms with E-state index in [9.17, 15) is 0 Å². The minimum absolute atomic E-state index is 1.11. The van der Waals surface area contributed by atoms with Crippen molar-refractivity contribution in [3.8, 4) is 55.6 Å². The van der Waals surface area contributed by atoms with Gasteiger partial charge in [-0.3, -0.25) is 0 Å². The van der Waals surface area contributed by atoms with E-state index in [1.807, 2.05) is 11.3 Å². The van der Waals surface area contributed by atoms with Gasteiger partial charge in [0.25, 0.3) is 0 Å². The number of thiophene rings is 1. The number of fused-ring (bicyclic) bond motifs is 3. The molecule has 10 rings (SSSR count). The first-order chi connectivity index (χ1) is 27.8. The molecule has 1 heterocycles. The third-order valence-corrected chi connectivity index (χ3v) is 11.8. The third kappa shape index (κ3) is 6.26. The first kappa shape index (κ1) is 33.6. The first-order valence-corrected chi connectivity index (χ1v) is 19.9. The highest BCUT2D eigenvalue weighted by Crippen LogP contribution is 2.49. The van der Waals surface area contributed by atoms with Crippen LogP contribution in [-0.4, -0.2) is 0 Å². The van der Waals surface area contributed by atoms with E-state index in [1.54, 1.807) is 0 Å². The molecule has 0 aliphatic carbocycles. The average Bonchev–Trinajstić information content (AvgIpc) is 3.67. The maximum absolute atomic E-state index is 2.47. The van der Waals surface area contributed by atoms with Crippen LogP contribution in [0.15, 0.2) is 224 Å². The van der Waals surface area contributed by atoms with Crippen LogP contribution in [0.25, 0.3) is 75.8 Å². The zero-order valence-corrected chi connectivity index (χ0v) is 31.5. The number of rotatable bonds is 8. The zero-order chi connectivity index (χ0) is 37.3. The lowest BCUT2D eigenvalue weighted by Gasteiger charge is -2.29. The Kier molecular flexibility index (Phi) is 8.79. The molecule has 0 radical (unpaired) electrons. The maximum atomic E-state index is 2.47. The second-order valence-electron chi connectivity index (χ2n) is 14.1. The Labute approximate surface area is 332 Å². The second kappa shape index (κ2) is 14.7. The van der Waals surface area contributed by atoms with Gasteiger partial charge in [-0.2, -0.15) is 0 Å². The van der Waals surface area contributed by atoms with Crippen LogP contribution in [0.2, 0.25) is 0 Å². The summed E-state index contributed by atoms with van der Waals surface area (Å²) in [7, 11) is 0. The lowest BCUT2D eigenvalue weighted by atomic mass is 9.89. The summed E-state index contributed by atoms with van der Waals surface area (Å²) >= 11 is 1.86. The summed E-state index contributed by atoms with van der Waals surface area (Å²) in [5, 5.41) is 2.54. The monoisotopic (exact) mass is 731 g/mol. The number of benzene rings is 9. The van der Waals surface area contributed by atoms with Crippen LogP contribution in [0.4, 0.5) is 17.1 Å². The summed E-state index contributed by atoms with van der Waals surface area (Å²) in [5.74, 6) is 0. The highest BCUT2D eigenvalue weighted by atomic mass is 32.1. The topological polar surface area (TPSA) is 3.24 Å². The van der Waals surface area contributed by atoms with Crippen LogP contribution in [0.3, 0.4) is 0 Å². The molecule has 0 saturated carbocycles. The second-order valence-corrected chi connectivity index (χ2v) is 15.2. The van der Waals surface area contributed by atoms with E-state index in [1.165, 1.54) is 64.7 Å². The first-order valence-electron chi connectivity index (χ1n) is 19.1. The molecule has 0 aliphatic heterocycles. The molecule has 1 aromatic heterocycles. The standard InChI is InChI=1S/C54H37NS/c1-5-16-38(17-6-1)40-28-32-45(33-29-40)55(51-25-15-27-53-54(51)47-24-13-14-26-52(47)56-53)50-35-31-44(37-49(50)42-22-11-4-12-23-42)48-36-43(39-18-7-2-8-19-39)30-34-46(48)41-20-9-3-10-21-41/h1-37H. The summed E-state index contributed by atoms with van der Waals surface area (Å²) in [6.45, 7) is 0. The molecule has 0 saturated heterocycles. The molecule has 2 heteroatoms. The van der Waals surface area contributed by atoms with Crippen molar-refractivity contribution in [1.82, 2.24) is 0 Å². The average molecular weight is 732 g/mol. The van der Waals surface area contributed by atoms with Gasteiger partial charge >= 0.3 is 0 Å². The molecule has 10 aromatic rings. The predicted molar refractivity (Wildman–Crippen MR) is 241 cm³/mol. The summed E-state index contributed by atoms with van der Waals surface area (Å²) in [6.07, 6.45) is 0. The molecule has 0 spiro atoms. The van der Waals surface area contributed by atoms with E-state index >= 15 is 0 Å². The Morgan fingerprint density at radius 1 is 0.286 bits per heavy atom. The normalized spacial score (nSPS) is 11.2. The fourth-order valence-electron chi connectivity index (χ4n) is 7.99. The molecule has 9 aromatic carbocycles. The van der Waals surface area contributed by atoms with E-state index in [4.69, 9.17) is 0 Å².